The summed E-state index contributed by atoms with van der Waals surface area (Å²) in [6.07, 6.45) is -1.11. The van der Waals surface area contributed by atoms with Crippen LogP contribution in [0.3, 0.4) is 0 Å². The first-order chi connectivity index (χ1) is 48.9. The van der Waals surface area contributed by atoms with E-state index in [1.807, 2.05) is 99.4 Å². The van der Waals surface area contributed by atoms with Crippen molar-refractivity contribution in [3.05, 3.63) is 203 Å². The van der Waals surface area contributed by atoms with Crippen LogP contribution in [-0.4, -0.2) is 130 Å². The maximum absolute atomic E-state index is 13.1. The van der Waals surface area contributed by atoms with Gasteiger partial charge in [-0.15, -0.1) is 0 Å². The quantitative estimate of drug-likeness (QED) is 0.0804. The van der Waals surface area contributed by atoms with Gasteiger partial charge in [-0.1, -0.05) is 24.3 Å². The van der Waals surface area contributed by atoms with Gasteiger partial charge in [-0.05, 0) is 188 Å². The lowest BCUT2D eigenvalue weighted by molar-refractivity contribution is -0.138. The van der Waals surface area contributed by atoms with Gasteiger partial charge >= 0.3 is 30.5 Å². The lowest BCUT2D eigenvalue weighted by atomic mass is 9.93. The SMILES string of the molecule is COc1ccc(Cn2nc(C3CCCN(C(=O)OC(C)(C)C)C3)c3c(Oc4ccc(C(=O)Nc5cc(C(F)(F)F)ccn5)cc4)ccnc32)cc1.COc1ccc(Cn2nc(C3CCCN(C(=O)OC(C)(C)C)C3)c3c(Oc4ccc(C(=O)O)cc4)ccnc32)cc1.Nc1cc(C(F)(F)F)ccn1. The lowest BCUT2D eigenvalue weighted by Gasteiger charge is -2.33. The number of hydrogen-bond donors (Lipinski definition) is 3. The van der Waals surface area contributed by atoms with Crippen LogP contribution in [0.4, 0.5) is 47.6 Å². The van der Waals surface area contributed by atoms with Gasteiger partial charge in [-0.2, -0.15) is 36.5 Å². The third-order valence-electron chi connectivity index (χ3n) is 16.3. The number of carboxylic acids is 1. The molecule has 0 saturated carbocycles. The summed E-state index contributed by atoms with van der Waals surface area (Å²) in [4.78, 5) is 70.2. The fourth-order valence-corrected chi connectivity index (χ4v) is 11.4. The Hall–Kier alpha value is -11.5. The Morgan fingerprint density at radius 2 is 0.922 bits per heavy atom. The van der Waals surface area contributed by atoms with E-state index in [4.69, 9.17) is 49.3 Å². The molecule has 3 amide bonds. The van der Waals surface area contributed by atoms with Crippen LogP contribution in [0.2, 0.25) is 0 Å². The molecule has 4 aromatic carbocycles. The van der Waals surface area contributed by atoms with Crippen molar-refractivity contribution in [1.82, 2.24) is 49.3 Å². The molecule has 10 aromatic rings. The third-order valence-corrected chi connectivity index (χ3v) is 16.3. The monoisotopic (exact) mass is 1420 g/mol. The Kier molecular flexibility index (Phi) is 22.7. The molecule has 2 saturated heterocycles. The summed E-state index contributed by atoms with van der Waals surface area (Å²) < 4.78 is 113. The maximum Gasteiger partial charge on any atom is 0.416 e. The van der Waals surface area contributed by atoms with E-state index < -0.39 is 46.6 Å². The van der Waals surface area contributed by atoms with Gasteiger partial charge in [0, 0.05) is 68.4 Å². The number of pyridine rings is 4. The second-order valence-corrected chi connectivity index (χ2v) is 26.2. The van der Waals surface area contributed by atoms with E-state index in [1.54, 1.807) is 72.8 Å². The molecule has 2 aliphatic rings. The zero-order valence-electron chi connectivity index (χ0n) is 57.6. The van der Waals surface area contributed by atoms with E-state index in [2.05, 4.69) is 20.3 Å². The van der Waals surface area contributed by atoms with Crippen LogP contribution in [0.15, 0.2) is 158 Å². The van der Waals surface area contributed by atoms with Crippen LogP contribution < -0.4 is 30.0 Å². The Balaban J connectivity index is 0.000000196. The number of likely N-dealkylation sites (tertiary alicyclic amines) is 2. The van der Waals surface area contributed by atoms with Crippen molar-refractivity contribution >= 4 is 57.8 Å². The number of nitrogens with two attached hydrogens (primary N) is 1. The van der Waals surface area contributed by atoms with E-state index in [-0.39, 0.29) is 46.8 Å². The van der Waals surface area contributed by atoms with Gasteiger partial charge < -0.3 is 54.4 Å². The Morgan fingerprint density at radius 1 is 0.524 bits per heavy atom. The first kappa shape index (κ1) is 74.2. The van der Waals surface area contributed by atoms with Crippen LogP contribution >= 0.6 is 0 Å². The number of aromatic nitrogens is 8. The van der Waals surface area contributed by atoms with E-state index >= 15 is 0 Å². The number of carbonyl (C=O) groups excluding carboxylic acids is 3. The van der Waals surface area contributed by atoms with Gasteiger partial charge in [0.2, 0.25) is 0 Å². The van der Waals surface area contributed by atoms with Gasteiger partial charge in [-0.3, -0.25) is 4.79 Å². The van der Waals surface area contributed by atoms with Gasteiger partial charge in [0.05, 0.1) is 66.2 Å². The second kappa shape index (κ2) is 31.6. The number of halogens is 6. The van der Waals surface area contributed by atoms with Crippen molar-refractivity contribution in [2.45, 2.75) is 116 Å². The Bertz CT molecular complexity index is 4620. The average molecular weight is 1420 g/mol. The number of nitrogens with zero attached hydrogens (tertiary/aromatic N) is 10. The number of ether oxygens (including phenoxy) is 6. The van der Waals surface area contributed by atoms with Gasteiger partial charge in [0.25, 0.3) is 5.91 Å². The number of alkyl halides is 6. The average Bonchev–Trinajstić information content (AvgIpc) is 1.63. The minimum Gasteiger partial charge on any atom is -0.497 e. The minimum absolute atomic E-state index is 0.0585. The number of hydrogen-bond acceptors (Lipinski definition) is 17. The molecule has 6 aromatic heterocycles. The molecule has 2 aliphatic heterocycles. The number of nitrogen functional groups attached to an aromatic ring is 1. The smallest absolute Gasteiger partial charge is 0.416 e. The largest absolute Gasteiger partial charge is 0.497 e. The molecule has 2 atom stereocenters. The summed E-state index contributed by atoms with van der Waals surface area (Å²) in [6, 6.07) is 34.7. The summed E-state index contributed by atoms with van der Waals surface area (Å²) in [7, 11) is 3.24. The third kappa shape index (κ3) is 19.5. The van der Waals surface area contributed by atoms with Crippen LogP contribution in [0.5, 0.6) is 34.5 Å². The normalized spacial score (nSPS) is 14.9. The zero-order chi connectivity index (χ0) is 74.0. The molecule has 8 heterocycles. The molecule has 2 fully saturated rings. The molecule has 0 bridgehead atoms. The summed E-state index contributed by atoms with van der Waals surface area (Å²) >= 11 is 0. The van der Waals surface area contributed by atoms with Crippen molar-refractivity contribution in [1.29, 1.82) is 0 Å². The Morgan fingerprint density at radius 3 is 1.31 bits per heavy atom. The molecular weight excluding hydrogens is 1350 g/mol. The number of aromatic carboxylic acids is 1. The topological polar surface area (TPSA) is 276 Å². The number of anilines is 2. The van der Waals surface area contributed by atoms with Gasteiger partial charge in [-0.25, -0.2) is 43.7 Å². The maximum atomic E-state index is 13.1. The molecule has 103 heavy (non-hydrogen) atoms. The number of fused-ring (bicyclic) bond motifs is 2. The number of benzene rings is 4. The van der Waals surface area contributed by atoms with E-state index in [9.17, 15) is 50.6 Å². The fourth-order valence-electron chi connectivity index (χ4n) is 11.4. The molecule has 23 nitrogen and oxygen atoms in total. The molecule has 2 unspecified atom stereocenters. The predicted molar refractivity (Wildman–Crippen MR) is 370 cm³/mol. The number of amides is 3. The van der Waals surface area contributed by atoms with Crippen molar-refractivity contribution in [3.8, 4) is 34.5 Å². The molecule has 0 aliphatic carbocycles. The number of piperidine rings is 2. The van der Waals surface area contributed by atoms with Crippen molar-refractivity contribution in [2.75, 3.05) is 51.4 Å². The van der Waals surface area contributed by atoms with Crippen molar-refractivity contribution in [3.63, 3.8) is 0 Å². The molecule has 29 heteroatoms. The van der Waals surface area contributed by atoms with Gasteiger partial charge in [0.1, 0.15) is 57.3 Å². The molecular formula is C74H76F6N12O11. The number of rotatable bonds is 15. The number of carbonyl (C=O) groups is 4. The molecule has 540 valence electrons. The highest BCUT2D eigenvalue weighted by molar-refractivity contribution is 6.04. The van der Waals surface area contributed by atoms with Gasteiger partial charge in [0.15, 0.2) is 11.3 Å². The number of carboxylic acid groups (broad SMARTS) is 1. The number of methoxy groups -OCH3 is 2. The number of nitrogens with one attached hydrogen (secondary N) is 1. The molecule has 12 rings (SSSR count). The second-order valence-electron chi connectivity index (χ2n) is 26.2. The Labute approximate surface area is 588 Å². The first-order valence-electron chi connectivity index (χ1n) is 32.7. The van der Waals surface area contributed by atoms with Crippen LogP contribution in [0, 0.1) is 0 Å². The summed E-state index contributed by atoms with van der Waals surface area (Å²) in [5.74, 6) is 1.28. The van der Waals surface area contributed by atoms with Crippen LogP contribution in [0.25, 0.3) is 22.1 Å². The standard InChI is InChI=1S/C37H37F3N6O5.C31H34N4O6.C6H5F3N2/c1-36(2,3)51-35(48)45-19-5-6-25(22-45)32-31-29(16-18-42-33(31)46(44-32)21-23-7-11-27(49-4)12-8-23)50-28-13-9-24(10-14-28)34(47)43-30-20-26(15-17-41-30)37(38,39)40;1-31(2,3)41-30(38)34-17-5-6-22(19-34)27-26-25(40-24-13-9-21(10-14-24)29(36)37)15-16-32-28(26)35(33-27)18-20-7-11-23(39-4)12-8-20;7-6(8,9)4-1-2-11-5(10)3-4/h7-18,20,25H,5-6,19,21-22H2,1-4H3,(H,41,43,47);7-16,22H,5-6,17-19H2,1-4H3,(H,36,37);1-3H,(H2,10,11). The predicted octanol–water partition coefficient (Wildman–Crippen LogP) is 15.8. The summed E-state index contributed by atoms with van der Waals surface area (Å²) in [5, 5.41) is 23.2. The van der Waals surface area contributed by atoms with Crippen LogP contribution in [0.1, 0.15) is 133 Å². The lowest BCUT2D eigenvalue weighted by Crippen LogP contribution is -2.42. The molecule has 4 N–H and O–H groups in total. The summed E-state index contributed by atoms with van der Waals surface area (Å²) in [6.45, 7) is 14.0. The van der Waals surface area contributed by atoms with E-state index in [0.29, 0.717) is 78.9 Å². The van der Waals surface area contributed by atoms with Crippen molar-refractivity contribution < 1.29 is 79.0 Å². The minimum atomic E-state index is -4.57. The van der Waals surface area contributed by atoms with E-state index in [1.165, 1.54) is 24.3 Å². The first-order valence-corrected chi connectivity index (χ1v) is 32.7. The fraction of sp³-hybridized carbons (Fsp3) is 0.324. The molecule has 0 radical (unpaired) electrons. The van der Waals surface area contributed by atoms with E-state index in [0.717, 1.165) is 102 Å². The van der Waals surface area contributed by atoms with Crippen LogP contribution in [-0.2, 0) is 34.9 Å². The highest BCUT2D eigenvalue weighted by atomic mass is 19.4. The highest BCUT2D eigenvalue weighted by Gasteiger charge is 2.36. The highest BCUT2D eigenvalue weighted by Crippen LogP contribution is 2.41. The summed E-state index contributed by atoms with van der Waals surface area (Å²) in [5.41, 5.74) is 7.30. The zero-order valence-corrected chi connectivity index (χ0v) is 57.6. The van der Waals surface area contributed by atoms with Crippen molar-refractivity contribution in [2.24, 2.45) is 0 Å². The molecule has 0 spiro atoms.